The van der Waals surface area contributed by atoms with Crippen LogP contribution in [0.5, 0.6) is 5.88 Å². The lowest BCUT2D eigenvalue weighted by atomic mass is 9.99. The molecule has 2 heterocycles. The molecule has 36 heavy (non-hydrogen) atoms. The number of aryl methyl sites for hydroxylation is 1. The maximum absolute atomic E-state index is 13.0. The molecule has 0 spiro atoms. The lowest BCUT2D eigenvalue weighted by Gasteiger charge is -2.19. The average molecular weight is 499 g/mol. The molecule has 3 N–H and O–H groups in total. The van der Waals surface area contributed by atoms with Crippen LogP contribution >= 0.6 is 0 Å². The Balaban J connectivity index is 1.70. The van der Waals surface area contributed by atoms with E-state index in [9.17, 15) is 24.3 Å². The molecule has 0 aliphatic rings. The van der Waals surface area contributed by atoms with Gasteiger partial charge in [-0.3, -0.25) is 19.0 Å². The monoisotopic (exact) mass is 498 g/mol. The summed E-state index contributed by atoms with van der Waals surface area (Å²) in [5, 5.41) is 20.7. The fourth-order valence-electron chi connectivity index (χ4n) is 3.54. The summed E-state index contributed by atoms with van der Waals surface area (Å²) >= 11 is 0. The molecule has 0 saturated heterocycles. The number of H-pyrrole nitrogens is 1. The molecule has 0 aliphatic carbocycles. The van der Waals surface area contributed by atoms with Crippen molar-refractivity contribution in [1.29, 1.82) is 0 Å². The van der Waals surface area contributed by atoms with Crippen LogP contribution in [-0.2, 0) is 29.0 Å². The Hall–Kier alpha value is -4.22. The number of benzene rings is 1. The smallest absolute Gasteiger partial charge is 0.329 e. The molecular formula is C24H30N6O6. The third kappa shape index (κ3) is 6.26. The highest BCUT2D eigenvalue weighted by Crippen LogP contribution is 2.16. The highest BCUT2D eigenvalue weighted by molar-refractivity contribution is 5.98. The van der Waals surface area contributed by atoms with E-state index in [1.54, 1.807) is 27.9 Å². The van der Waals surface area contributed by atoms with Crippen molar-refractivity contribution in [3.05, 3.63) is 63.4 Å². The Kier molecular flexibility index (Phi) is 8.07. The van der Waals surface area contributed by atoms with Crippen LogP contribution in [0.15, 0.2) is 33.5 Å². The van der Waals surface area contributed by atoms with Crippen LogP contribution in [0.25, 0.3) is 0 Å². The molecule has 2 aromatic heterocycles. The summed E-state index contributed by atoms with van der Waals surface area (Å²) in [5.41, 5.74) is 1.27. The second-order valence-electron chi connectivity index (χ2n) is 9.10. The number of ketones is 1. The molecule has 1 aromatic carbocycles. The molecule has 0 fully saturated rings. The van der Waals surface area contributed by atoms with Gasteiger partial charge >= 0.3 is 5.69 Å². The average Bonchev–Trinajstić information content (AvgIpc) is 3.37. The van der Waals surface area contributed by atoms with Crippen LogP contribution in [-0.4, -0.2) is 67.5 Å². The van der Waals surface area contributed by atoms with Gasteiger partial charge in [0.25, 0.3) is 5.89 Å². The first-order valence-corrected chi connectivity index (χ1v) is 11.4. The minimum Gasteiger partial charge on any atom is -0.493 e. The van der Waals surface area contributed by atoms with Crippen molar-refractivity contribution in [2.24, 2.45) is 5.92 Å². The van der Waals surface area contributed by atoms with Crippen LogP contribution in [0, 0.1) is 12.8 Å². The first-order valence-electron chi connectivity index (χ1n) is 11.4. The van der Waals surface area contributed by atoms with Gasteiger partial charge in [-0.2, -0.15) is 0 Å². The predicted octanol–water partition coefficient (Wildman–Crippen LogP) is 0.819. The molecule has 0 unspecified atom stereocenters. The van der Waals surface area contributed by atoms with Gasteiger partial charge in [-0.05, 0) is 18.4 Å². The molecule has 0 radical (unpaired) electrons. The SMILES string of the molecule is Cc1cccc(Cc2nnc(C(=O)[C@@H](NC(=O)Cn3c(O)c(CC(=O)N(C)C)[nH]c3=O)C(C)C)o2)c1. The van der Waals surface area contributed by atoms with Crippen LogP contribution in [0.2, 0.25) is 0 Å². The number of aromatic nitrogens is 4. The van der Waals surface area contributed by atoms with Gasteiger partial charge in [0.2, 0.25) is 29.4 Å². The van der Waals surface area contributed by atoms with E-state index in [2.05, 4.69) is 20.5 Å². The number of likely N-dealkylation sites (N-methyl/N-ethyl adjacent to an activating group) is 1. The maximum Gasteiger partial charge on any atom is 0.329 e. The number of hydrogen-bond acceptors (Lipinski definition) is 8. The van der Waals surface area contributed by atoms with Gasteiger partial charge < -0.3 is 24.7 Å². The molecule has 0 aliphatic heterocycles. The van der Waals surface area contributed by atoms with Crippen LogP contribution in [0.4, 0.5) is 0 Å². The van der Waals surface area contributed by atoms with E-state index >= 15 is 0 Å². The first-order chi connectivity index (χ1) is 17.0. The quantitative estimate of drug-likeness (QED) is 0.346. The van der Waals surface area contributed by atoms with Crippen molar-refractivity contribution in [2.45, 2.75) is 46.2 Å². The zero-order valence-electron chi connectivity index (χ0n) is 20.9. The second-order valence-corrected chi connectivity index (χ2v) is 9.10. The highest BCUT2D eigenvalue weighted by atomic mass is 16.4. The number of amides is 2. The summed E-state index contributed by atoms with van der Waals surface area (Å²) in [6.45, 7) is 4.87. The minimum atomic E-state index is -1.00. The third-order valence-electron chi connectivity index (χ3n) is 5.54. The molecule has 3 aromatic rings. The summed E-state index contributed by atoms with van der Waals surface area (Å²) in [4.78, 5) is 53.6. The number of rotatable bonds is 10. The Bertz CT molecular complexity index is 1320. The van der Waals surface area contributed by atoms with E-state index in [1.165, 1.54) is 4.90 Å². The topological polar surface area (TPSA) is 163 Å². The number of aromatic amines is 1. The number of Topliss-reactive ketones (excluding diaryl/α,β-unsaturated/α-hetero) is 1. The summed E-state index contributed by atoms with van der Waals surface area (Å²) < 4.78 is 6.35. The van der Waals surface area contributed by atoms with Crippen LogP contribution in [0.1, 0.15) is 47.2 Å². The first kappa shape index (κ1) is 26.4. The van der Waals surface area contributed by atoms with Crippen molar-refractivity contribution < 1.29 is 23.9 Å². The lowest BCUT2D eigenvalue weighted by Crippen LogP contribution is -2.46. The molecule has 1 atom stereocenters. The minimum absolute atomic E-state index is 0.00464. The molecule has 0 saturated carbocycles. The molecular weight excluding hydrogens is 468 g/mol. The molecule has 0 bridgehead atoms. The molecule has 192 valence electrons. The Morgan fingerprint density at radius 3 is 2.58 bits per heavy atom. The van der Waals surface area contributed by atoms with Crippen molar-refractivity contribution in [1.82, 2.24) is 30.0 Å². The van der Waals surface area contributed by atoms with E-state index < -0.39 is 35.8 Å². The van der Waals surface area contributed by atoms with Gasteiger partial charge in [-0.1, -0.05) is 43.7 Å². The highest BCUT2D eigenvalue weighted by Gasteiger charge is 2.30. The van der Waals surface area contributed by atoms with Crippen molar-refractivity contribution in [3.8, 4) is 5.88 Å². The normalized spacial score (nSPS) is 11.9. The van der Waals surface area contributed by atoms with Gasteiger partial charge in [0.05, 0.1) is 24.6 Å². The number of carbonyl (C=O) groups excluding carboxylic acids is 3. The van der Waals surface area contributed by atoms with Gasteiger partial charge in [0.1, 0.15) is 6.54 Å². The standard InChI is InChI=1S/C24H30N6O6/c1-13(2)20(21(33)22-28-27-18(36-22)10-15-8-6-7-14(3)9-15)26-17(31)12-30-23(34)16(25-24(30)35)11-19(32)29(4)5/h6-9,13,20,34H,10-12H2,1-5H3,(H,25,35)(H,26,31)/t20-/m0/s1. The van der Waals surface area contributed by atoms with E-state index in [-0.39, 0.29) is 35.7 Å². The zero-order chi connectivity index (χ0) is 26.6. The summed E-state index contributed by atoms with van der Waals surface area (Å²) in [7, 11) is 3.08. The van der Waals surface area contributed by atoms with Crippen molar-refractivity contribution in [3.63, 3.8) is 0 Å². The Morgan fingerprint density at radius 1 is 1.22 bits per heavy atom. The third-order valence-corrected chi connectivity index (χ3v) is 5.54. The maximum atomic E-state index is 13.0. The number of nitrogens with one attached hydrogen (secondary N) is 2. The van der Waals surface area contributed by atoms with Gasteiger partial charge in [-0.25, -0.2) is 4.79 Å². The summed E-state index contributed by atoms with van der Waals surface area (Å²) in [5.74, 6) is -2.42. The van der Waals surface area contributed by atoms with Crippen molar-refractivity contribution >= 4 is 17.6 Å². The lowest BCUT2D eigenvalue weighted by molar-refractivity contribution is -0.128. The van der Waals surface area contributed by atoms with Gasteiger partial charge in [-0.15, -0.1) is 10.2 Å². The fraction of sp³-hybridized carbons (Fsp3) is 0.417. The largest absolute Gasteiger partial charge is 0.493 e. The predicted molar refractivity (Wildman–Crippen MR) is 128 cm³/mol. The fourth-order valence-corrected chi connectivity index (χ4v) is 3.54. The van der Waals surface area contributed by atoms with E-state index in [4.69, 9.17) is 4.42 Å². The Labute approximate surface area is 207 Å². The van der Waals surface area contributed by atoms with Gasteiger partial charge in [0, 0.05) is 14.1 Å². The van der Waals surface area contributed by atoms with Crippen LogP contribution in [0.3, 0.4) is 0 Å². The van der Waals surface area contributed by atoms with Gasteiger partial charge in [0.15, 0.2) is 0 Å². The second kappa shape index (κ2) is 11.0. The zero-order valence-corrected chi connectivity index (χ0v) is 20.9. The number of carbonyl (C=O) groups is 3. The van der Waals surface area contributed by atoms with E-state index in [1.807, 2.05) is 31.2 Å². The van der Waals surface area contributed by atoms with Crippen molar-refractivity contribution in [2.75, 3.05) is 14.1 Å². The molecule has 12 nitrogen and oxygen atoms in total. The summed E-state index contributed by atoms with van der Waals surface area (Å²) in [6.07, 6.45) is 0.118. The molecule has 2 amide bonds. The van der Waals surface area contributed by atoms with E-state index in [0.717, 1.165) is 15.7 Å². The molecule has 3 rings (SSSR count). The van der Waals surface area contributed by atoms with Crippen LogP contribution < -0.4 is 11.0 Å². The number of nitrogens with zero attached hydrogens (tertiary/aromatic N) is 4. The summed E-state index contributed by atoms with van der Waals surface area (Å²) in [6, 6.07) is 6.76. The number of hydrogen-bond donors (Lipinski definition) is 3. The number of aromatic hydroxyl groups is 1. The Morgan fingerprint density at radius 2 is 1.94 bits per heavy atom. The molecule has 12 heteroatoms. The number of imidazole rings is 1. The van der Waals surface area contributed by atoms with E-state index in [0.29, 0.717) is 6.42 Å².